The van der Waals surface area contributed by atoms with Crippen LogP contribution in [0.4, 0.5) is 0 Å². The number of hydrogen-bond acceptors (Lipinski definition) is 3. The number of ether oxygens (including phenoxy) is 1. The first kappa shape index (κ1) is 14.0. The monoisotopic (exact) mass is 239 g/mol. The summed E-state index contributed by atoms with van der Waals surface area (Å²) in [6.07, 6.45) is 3.64. The van der Waals surface area contributed by atoms with Gasteiger partial charge in [0.2, 0.25) is 0 Å². The highest BCUT2D eigenvalue weighted by Gasteiger charge is 2.21. The Labute approximate surface area is 104 Å². The molecule has 0 saturated heterocycles. The van der Waals surface area contributed by atoms with Crippen molar-refractivity contribution in [1.82, 2.24) is 9.78 Å². The van der Waals surface area contributed by atoms with Crippen molar-refractivity contribution in [3.63, 3.8) is 0 Å². The Bertz CT molecular complexity index is 331. The second-order valence-corrected chi connectivity index (χ2v) is 5.49. The maximum absolute atomic E-state index is 6.18. The number of aryl methyl sites for hydroxylation is 1. The average Bonchev–Trinajstić information content (AvgIpc) is 2.66. The van der Waals surface area contributed by atoms with Gasteiger partial charge in [-0.25, -0.2) is 0 Å². The fraction of sp³-hybridized carbons (Fsp3) is 0.769. The molecule has 0 bridgehead atoms. The van der Waals surface area contributed by atoms with Crippen LogP contribution in [-0.4, -0.2) is 22.9 Å². The Morgan fingerprint density at radius 1 is 1.47 bits per heavy atom. The largest absolute Gasteiger partial charge is 0.493 e. The maximum Gasteiger partial charge on any atom is 0.159 e. The van der Waals surface area contributed by atoms with E-state index < -0.39 is 0 Å². The lowest BCUT2D eigenvalue weighted by Crippen LogP contribution is -2.35. The lowest BCUT2D eigenvalue weighted by molar-refractivity contribution is 0.302. The molecule has 0 aliphatic carbocycles. The number of nitrogens with two attached hydrogens (primary N) is 1. The van der Waals surface area contributed by atoms with Crippen molar-refractivity contribution in [3.8, 4) is 5.75 Å². The number of nitrogens with zero attached hydrogens (tertiary/aromatic N) is 2. The highest BCUT2D eigenvalue weighted by Crippen LogP contribution is 2.24. The second kappa shape index (κ2) is 5.54. The van der Waals surface area contributed by atoms with E-state index >= 15 is 0 Å². The van der Waals surface area contributed by atoms with Crippen LogP contribution < -0.4 is 10.5 Å². The fourth-order valence-corrected chi connectivity index (χ4v) is 1.81. The zero-order valence-corrected chi connectivity index (χ0v) is 11.7. The van der Waals surface area contributed by atoms with E-state index in [4.69, 9.17) is 10.5 Å². The third-order valence-corrected chi connectivity index (χ3v) is 3.23. The first-order chi connectivity index (χ1) is 7.90. The molecular formula is C13H25N3O. The van der Waals surface area contributed by atoms with Gasteiger partial charge in [0.25, 0.3) is 0 Å². The van der Waals surface area contributed by atoms with E-state index in [1.165, 1.54) is 0 Å². The Balaban J connectivity index is 2.71. The van der Waals surface area contributed by atoms with Crippen molar-refractivity contribution >= 4 is 0 Å². The van der Waals surface area contributed by atoms with E-state index in [1.54, 1.807) is 13.3 Å². The summed E-state index contributed by atoms with van der Waals surface area (Å²) in [4.78, 5) is 0. The molecule has 1 heterocycles. The van der Waals surface area contributed by atoms with Crippen molar-refractivity contribution < 1.29 is 4.74 Å². The van der Waals surface area contributed by atoms with Crippen molar-refractivity contribution in [2.24, 2.45) is 11.1 Å². The molecule has 0 spiro atoms. The minimum Gasteiger partial charge on any atom is -0.493 e. The summed E-state index contributed by atoms with van der Waals surface area (Å²) < 4.78 is 7.30. The molecule has 0 aromatic carbocycles. The lowest BCUT2D eigenvalue weighted by Gasteiger charge is -2.27. The van der Waals surface area contributed by atoms with Crippen LogP contribution in [0.25, 0.3) is 0 Å². The van der Waals surface area contributed by atoms with Gasteiger partial charge in [-0.05, 0) is 25.2 Å². The molecule has 1 atom stereocenters. The summed E-state index contributed by atoms with van der Waals surface area (Å²) >= 11 is 0. The summed E-state index contributed by atoms with van der Waals surface area (Å²) in [6.45, 7) is 9.47. The summed E-state index contributed by atoms with van der Waals surface area (Å²) in [5.74, 6) is 0.868. The van der Waals surface area contributed by atoms with Crippen molar-refractivity contribution in [2.45, 2.75) is 53.1 Å². The van der Waals surface area contributed by atoms with Gasteiger partial charge < -0.3 is 10.5 Å². The molecule has 98 valence electrons. The van der Waals surface area contributed by atoms with Crippen LogP contribution in [-0.2, 0) is 13.0 Å². The molecule has 4 nitrogen and oxygen atoms in total. The Morgan fingerprint density at radius 3 is 2.59 bits per heavy atom. The molecule has 0 radical (unpaired) electrons. The van der Waals surface area contributed by atoms with Gasteiger partial charge in [-0.1, -0.05) is 20.8 Å². The summed E-state index contributed by atoms with van der Waals surface area (Å²) in [6, 6.07) is 0.187. The minimum atomic E-state index is 0.143. The Kier molecular flexibility index (Phi) is 4.57. The summed E-state index contributed by atoms with van der Waals surface area (Å²) in [7, 11) is 1.68. The van der Waals surface area contributed by atoms with Crippen LogP contribution in [0.15, 0.2) is 6.20 Å². The lowest BCUT2D eigenvalue weighted by atomic mass is 9.84. The van der Waals surface area contributed by atoms with E-state index in [0.717, 1.165) is 30.8 Å². The molecule has 0 aliphatic rings. The molecule has 0 fully saturated rings. The molecule has 1 unspecified atom stereocenters. The highest BCUT2D eigenvalue weighted by molar-refractivity contribution is 5.25. The third-order valence-electron chi connectivity index (χ3n) is 3.23. The quantitative estimate of drug-likeness (QED) is 0.857. The van der Waals surface area contributed by atoms with Gasteiger partial charge in [0.1, 0.15) is 0 Å². The van der Waals surface area contributed by atoms with Crippen molar-refractivity contribution in [1.29, 1.82) is 0 Å². The van der Waals surface area contributed by atoms with Gasteiger partial charge in [0.05, 0.1) is 19.0 Å². The zero-order chi connectivity index (χ0) is 13.1. The molecule has 1 aromatic heterocycles. The van der Waals surface area contributed by atoms with Crippen LogP contribution in [0.5, 0.6) is 5.75 Å². The SMILES string of the molecule is CCn1ncc(OC)c1CCC(N)C(C)(C)C. The van der Waals surface area contributed by atoms with Gasteiger partial charge >= 0.3 is 0 Å². The summed E-state index contributed by atoms with van der Waals surface area (Å²) in [5, 5.41) is 4.30. The van der Waals surface area contributed by atoms with Gasteiger partial charge in [-0.15, -0.1) is 0 Å². The van der Waals surface area contributed by atoms with E-state index in [-0.39, 0.29) is 11.5 Å². The molecule has 17 heavy (non-hydrogen) atoms. The smallest absolute Gasteiger partial charge is 0.159 e. The van der Waals surface area contributed by atoms with Crippen LogP contribution in [0.2, 0.25) is 0 Å². The molecule has 0 aliphatic heterocycles. The number of aromatic nitrogens is 2. The molecular weight excluding hydrogens is 214 g/mol. The van der Waals surface area contributed by atoms with Crippen molar-refractivity contribution in [3.05, 3.63) is 11.9 Å². The number of rotatable bonds is 5. The van der Waals surface area contributed by atoms with Gasteiger partial charge in [-0.2, -0.15) is 5.10 Å². The molecule has 0 saturated carbocycles. The van der Waals surface area contributed by atoms with E-state index in [2.05, 4.69) is 32.8 Å². The standard InChI is InChI=1S/C13H25N3O/c1-6-16-10(11(17-5)9-15-16)7-8-12(14)13(2,3)4/h9,12H,6-8,14H2,1-5H3. The third kappa shape index (κ3) is 3.46. The van der Waals surface area contributed by atoms with Gasteiger partial charge in [0, 0.05) is 12.6 Å². The van der Waals surface area contributed by atoms with E-state index in [9.17, 15) is 0 Å². The fourth-order valence-electron chi connectivity index (χ4n) is 1.81. The second-order valence-electron chi connectivity index (χ2n) is 5.49. The van der Waals surface area contributed by atoms with Crippen LogP contribution in [0.1, 0.15) is 39.8 Å². The first-order valence-electron chi connectivity index (χ1n) is 6.24. The predicted molar refractivity (Wildman–Crippen MR) is 70.2 cm³/mol. The minimum absolute atomic E-state index is 0.143. The summed E-state index contributed by atoms with van der Waals surface area (Å²) in [5.41, 5.74) is 7.47. The maximum atomic E-state index is 6.18. The topological polar surface area (TPSA) is 53.1 Å². The number of methoxy groups -OCH3 is 1. The van der Waals surface area contributed by atoms with Gasteiger partial charge in [-0.3, -0.25) is 4.68 Å². The van der Waals surface area contributed by atoms with Crippen LogP contribution in [0.3, 0.4) is 0 Å². The molecule has 1 aromatic rings. The predicted octanol–water partition coefficient (Wildman–Crippen LogP) is 2.22. The molecule has 4 heteroatoms. The highest BCUT2D eigenvalue weighted by atomic mass is 16.5. The molecule has 2 N–H and O–H groups in total. The molecule has 1 rings (SSSR count). The van der Waals surface area contributed by atoms with E-state index in [0.29, 0.717) is 0 Å². The van der Waals surface area contributed by atoms with Gasteiger partial charge in [0.15, 0.2) is 5.75 Å². The first-order valence-corrected chi connectivity index (χ1v) is 6.24. The zero-order valence-electron chi connectivity index (χ0n) is 11.7. The number of hydrogen-bond donors (Lipinski definition) is 1. The van der Waals surface area contributed by atoms with Crippen LogP contribution in [0, 0.1) is 5.41 Å². The molecule has 0 amide bonds. The normalized spacial score (nSPS) is 13.8. The Morgan fingerprint density at radius 2 is 2.12 bits per heavy atom. The Hall–Kier alpha value is -1.03. The van der Waals surface area contributed by atoms with Crippen molar-refractivity contribution in [2.75, 3.05) is 7.11 Å². The van der Waals surface area contributed by atoms with Crippen LogP contribution >= 0.6 is 0 Å². The van der Waals surface area contributed by atoms with E-state index in [1.807, 2.05) is 4.68 Å². The average molecular weight is 239 g/mol.